The first-order chi connectivity index (χ1) is 14.5. The molecule has 2 heterocycles. The number of aliphatic hydroxyl groups excluding tert-OH is 1. The molecule has 1 saturated heterocycles. The molecule has 2 atom stereocenters. The van der Waals surface area contributed by atoms with Crippen molar-refractivity contribution in [3.8, 4) is 0 Å². The molecule has 1 aliphatic rings. The molecule has 8 nitrogen and oxygen atoms in total. The molecule has 8 heteroatoms. The van der Waals surface area contributed by atoms with Gasteiger partial charge in [0.15, 0.2) is 6.10 Å². The lowest BCUT2D eigenvalue weighted by Gasteiger charge is -2.35. The van der Waals surface area contributed by atoms with Crippen LogP contribution in [0.15, 0.2) is 18.5 Å². The van der Waals surface area contributed by atoms with Crippen LogP contribution >= 0.6 is 0 Å². The summed E-state index contributed by atoms with van der Waals surface area (Å²) in [6, 6.07) is 1.77. The van der Waals surface area contributed by atoms with E-state index in [1.165, 1.54) is 19.3 Å². The number of nitrogens with zero attached hydrogens (tertiary/aromatic N) is 4. The van der Waals surface area contributed by atoms with Crippen LogP contribution in [0.25, 0.3) is 0 Å². The second kappa shape index (κ2) is 13.2. The topological polar surface area (TPSA) is 95.9 Å². The number of aromatic nitrogens is 2. The minimum atomic E-state index is -0.816. The summed E-state index contributed by atoms with van der Waals surface area (Å²) >= 11 is 0. The van der Waals surface area contributed by atoms with Gasteiger partial charge in [0, 0.05) is 45.0 Å². The predicted molar refractivity (Wildman–Crippen MR) is 115 cm³/mol. The van der Waals surface area contributed by atoms with Gasteiger partial charge in [-0.25, -0.2) is 9.97 Å². The average Bonchev–Trinajstić information content (AvgIpc) is 2.77. The van der Waals surface area contributed by atoms with E-state index in [2.05, 4.69) is 16.9 Å². The molecule has 0 saturated carbocycles. The number of piperazine rings is 1. The lowest BCUT2D eigenvalue weighted by Crippen LogP contribution is -2.52. The van der Waals surface area contributed by atoms with Crippen molar-refractivity contribution in [2.75, 3.05) is 31.1 Å². The minimum Gasteiger partial charge on any atom is -0.453 e. The Hall–Kier alpha value is -2.22. The van der Waals surface area contributed by atoms with Crippen LogP contribution in [0.5, 0.6) is 0 Å². The quantitative estimate of drug-likeness (QED) is 0.410. The molecule has 2 rings (SSSR count). The number of anilines is 1. The van der Waals surface area contributed by atoms with E-state index >= 15 is 0 Å². The Bertz CT molecular complexity index is 635. The molecule has 0 aromatic carbocycles. The van der Waals surface area contributed by atoms with E-state index in [9.17, 15) is 14.7 Å². The largest absolute Gasteiger partial charge is 0.453 e. The Balaban J connectivity index is 1.63. The van der Waals surface area contributed by atoms with Gasteiger partial charge in [-0.1, -0.05) is 39.0 Å². The van der Waals surface area contributed by atoms with E-state index in [0.29, 0.717) is 45.0 Å². The van der Waals surface area contributed by atoms with Gasteiger partial charge in [0.1, 0.15) is 0 Å². The molecule has 168 valence electrons. The molecule has 1 aromatic heterocycles. The maximum atomic E-state index is 12.6. The summed E-state index contributed by atoms with van der Waals surface area (Å²) in [7, 11) is 0. The lowest BCUT2D eigenvalue weighted by molar-refractivity contribution is -0.159. The summed E-state index contributed by atoms with van der Waals surface area (Å²) < 4.78 is 5.31. The number of carbonyl (C=O) groups is 2. The standard InChI is InChI=1S/C22H36N4O4/c1-3-4-5-6-7-9-19(27)10-11-20(28)30-18(2)21(29)25-14-16-26(17-15-25)22-23-12-8-13-24-22/h8,12-13,18-19,27H,3-7,9-11,14-17H2,1-2H3/t18-,19+/m0/s1. The second-order valence-corrected chi connectivity index (χ2v) is 7.89. The Labute approximate surface area is 179 Å². The normalized spacial score (nSPS) is 16.2. The van der Waals surface area contributed by atoms with Gasteiger partial charge < -0.3 is 19.6 Å². The summed E-state index contributed by atoms with van der Waals surface area (Å²) in [6.45, 7) is 6.13. The maximum absolute atomic E-state index is 12.6. The van der Waals surface area contributed by atoms with E-state index in [1.807, 2.05) is 4.90 Å². The van der Waals surface area contributed by atoms with Gasteiger partial charge >= 0.3 is 5.97 Å². The van der Waals surface area contributed by atoms with Crippen molar-refractivity contribution in [1.82, 2.24) is 14.9 Å². The molecule has 1 N–H and O–H groups in total. The number of esters is 1. The van der Waals surface area contributed by atoms with Crippen LogP contribution in [0, 0.1) is 0 Å². The third-order valence-corrected chi connectivity index (χ3v) is 5.40. The third-order valence-electron chi connectivity index (χ3n) is 5.40. The summed E-state index contributed by atoms with van der Waals surface area (Å²) in [4.78, 5) is 36.9. The van der Waals surface area contributed by atoms with Crippen LogP contribution in [0.4, 0.5) is 5.95 Å². The van der Waals surface area contributed by atoms with Crippen molar-refractivity contribution >= 4 is 17.8 Å². The molecule has 0 aliphatic carbocycles. The van der Waals surface area contributed by atoms with Gasteiger partial charge in [0.2, 0.25) is 5.95 Å². The Morgan fingerprint density at radius 1 is 1.07 bits per heavy atom. The van der Waals surface area contributed by atoms with Crippen LogP contribution in [-0.4, -0.2) is 70.2 Å². The predicted octanol–water partition coefficient (Wildman–Crippen LogP) is 2.56. The van der Waals surface area contributed by atoms with Crippen LogP contribution in [0.1, 0.15) is 65.2 Å². The molecule has 0 unspecified atom stereocenters. The van der Waals surface area contributed by atoms with Gasteiger partial charge in [0.05, 0.1) is 6.10 Å². The van der Waals surface area contributed by atoms with E-state index in [0.717, 1.165) is 12.8 Å². The minimum absolute atomic E-state index is 0.132. The number of amides is 1. The van der Waals surface area contributed by atoms with E-state index in [4.69, 9.17) is 4.74 Å². The fraction of sp³-hybridized carbons (Fsp3) is 0.727. The molecule has 0 bridgehead atoms. The first kappa shape index (κ1) is 24.1. The van der Waals surface area contributed by atoms with Gasteiger partial charge in [-0.2, -0.15) is 0 Å². The number of rotatable bonds is 12. The summed E-state index contributed by atoms with van der Waals surface area (Å²) in [5, 5.41) is 10.0. The highest BCUT2D eigenvalue weighted by molar-refractivity contribution is 5.83. The monoisotopic (exact) mass is 420 g/mol. The van der Waals surface area contributed by atoms with Gasteiger partial charge in [-0.15, -0.1) is 0 Å². The Kier molecular flexibility index (Phi) is 10.5. The van der Waals surface area contributed by atoms with Crippen LogP contribution < -0.4 is 4.90 Å². The number of aliphatic hydroxyl groups is 1. The van der Waals surface area contributed by atoms with Crippen LogP contribution in [-0.2, 0) is 14.3 Å². The number of hydrogen-bond acceptors (Lipinski definition) is 7. The van der Waals surface area contributed by atoms with E-state index in [1.54, 1.807) is 30.3 Å². The smallest absolute Gasteiger partial charge is 0.306 e. The maximum Gasteiger partial charge on any atom is 0.306 e. The van der Waals surface area contributed by atoms with Crippen LogP contribution in [0.2, 0.25) is 0 Å². The zero-order valence-electron chi connectivity index (χ0n) is 18.3. The summed E-state index contributed by atoms with van der Waals surface area (Å²) in [6.07, 6.45) is 9.02. The Morgan fingerprint density at radius 2 is 1.73 bits per heavy atom. The summed E-state index contributed by atoms with van der Waals surface area (Å²) in [5.74, 6) is 0.0404. The van der Waals surface area contributed by atoms with Gasteiger partial charge in [-0.3, -0.25) is 9.59 Å². The van der Waals surface area contributed by atoms with Crippen molar-refractivity contribution in [3.05, 3.63) is 18.5 Å². The van der Waals surface area contributed by atoms with Crippen molar-refractivity contribution in [1.29, 1.82) is 0 Å². The van der Waals surface area contributed by atoms with Crippen molar-refractivity contribution < 1.29 is 19.4 Å². The first-order valence-corrected chi connectivity index (χ1v) is 11.2. The molecule has 1 amide bonds. The zero-order chi connectivity index (χ0) is 21.8. The SMILES string of the molecule is CCCCCCC[C@@H](O)CCC(=O)O[C@@H](C)C(=O)N1CCN(c2ncccn2)CC1. The number of carbonyl (C=O) groups excluding carboxylic acids is 2. The highest BCUT2D eigenvalue weighted by Crippen LogP contribution is 2.13. The second-order valence-electron chi connectivity index (χ2n) is 7.89. The van der Waals surface area contributed by atoms with Crippen molar-refractivity contribution in [3.63, 3.8) is 0 Å². The Morgan fingerprint density at radius 3 is 2.40 bits per heavy atom. The van der Waals surface area contributed by atoms with Crippen molar-refractivity contribution in [2.45, 2.75) is 77.4 Å². The lowest BCUT2D eigenvalue weighted by atomic mass is 10.0. The van der Waals surface area contributed by atoms with E-state index < -0.39 is 18.2 Å². The molecule has 0 radical (unpaired) electrons. The molecule has 1 fully saturated rings. The summed E-state index contributed by atoms with van der Waals surface area (Å²) in [5.41, 5.74) is 0. The fourth-order valence-electron chi connectivity index (χ4n) is 3.56. The fourth-order valence-corrected chi connectivity index (χ4v) is 3.56. The van der Waals surface area contributed by atoms with Crippen LogP contribution in [0.3, 0.4) is 0 Å². The highest BCUT2D eigenvalue weighted by atomic mass is 16.5. The molecular formula is C22H36N4O4. The number of unbranched alkanes of at least 4 members (excludes halogenated alkanes) is 4. The highest BCUT2D eigenvalue weighted by Gasteiger charge is 2.27. The van der Waals surface area contributed by atoms with Gasteiger partial charge in [0.25, 0.3) is 5.91 Å². The van der Waals surface area contributed by atoms with E-state index in [-0.39, 0.29) is 12.3 Å². The molecular weight excluding hydrogens is 384 g/mol. The number of hydrogen-bond donors (Lipinski definition) is 1. The third kappa shape index (κ3) is 8.26. The molecule has 0 spiro atoms. The average molecular weight is 421 g/mol. The number of ether oxygens (including phenoxy) is 1. The first-order valence-electron chi connectivity index (χ1n) is 11.2. The molecule has 1 aromatic rings. The molecule has 1 aliphatic heterocycles. The van der Waals surface area contributed by atoms with Crippen molar-refractivity contribution in [2.24, 2.45) is 0 Å². The van der Waals surface area contributed by atoms with Gasteiger partial charge in [-0.05, 0) is 25.8 Å². The molecule has 30 heavy (non-hydrogen) atoms. The zero-order valence-corrected chi connectivity index (χ0v) is 18.3.